The van der Waals surface area contributed by atoms with Crippen molar-refractivity contribution in [3.8, 4) is 0 Å². The Kier molecular flexibility index (Phi) is 3.11. The number of halogens is 3. The minimum Gasteiger partial charge on any atom is -0.322 e. The SMILES string of the molecule is CC(C)(C)C(N)c1nc(C(F)(F)F)cs1. The van der Waals surface area contributed by atoms with Gasteiger partial charge in [0.15, 0.2) is 5.69 Å². The molecule has 6 heteroatoms. The highest BCUT2D eigenvalue weighted by Gasteiger charge is 2.35. The van der Waals surface area contributed by atoms with E-state index in [0.29, 0.717) is 5.01 Å². The van der Waals surface area contributed by atoms with Crippen molar-refractivity contribution in [1.29, 1.82) is 0 Å². The zero-order valence-corrected chi connectivity index (χ0v) is 9.54. The normalized spacial score (nSPS) is 15.4. The highest BCUT2D eigenvalue weighted by molar-refractivity contribution is 7.09. The number of hydrogen-bond donors (Lipinski definition) is 1. The van der Waals surface area contributed by atoms with Crippen LogP contribution in [0.15, 0.2) is 5.38 Å². The van der Waals surface area contributed by atoms with E-state index in [0.717, 1.165) is 16.7 Å². The van der Waals surface area contributed by atoms with Crippen LogP contribution in [0.5, 0.6) is 0 Å². The number of alkyl halides is 3. The molecular formula is C9H13F3N2S. The molecule has 0 aliphatic carbocycles. The fourth-order valence-electron chi connectivity index (χ4n) is 0.931. The average molecular weight is 238 g/mol. The number of nitrogens with zero attached hydrogens (tertiary/aromatic N) is 1. The lowest BCUT2D eigenvalue weighted by molar-refractivity contribution is -0.140. The molecule has 2 nitrogen and oxygen atoms in total. The summed E-state index contributed by atoms with van der Waals surface area (Å²) in [6, 6.07) is -0.474. The van der Waals surface area contributed by atoms with E-state index < -0.39 is 17.9 Å². The topological polar surface area (TPSA) is 38.9 Å². The van der Waals surface area contributed by atoms with E-state index >= 15 is 0 Å². The number of nitrogens with two attached hydrogens (primary N) is 1. The van der Waals surface area contributed by atoms with Crippen LogP contribution in [-0.4, -0.2) is 4.98 Å². The van der Waals surface area contributed by atoms with E-state index in [4.69, 9.17) is 5.73 Å². The Morgan fingerprint density at radius 3 is 2.20 bits per heavy atom. The van der Waals surface area contributed by atoms with Crippen LogP contribution in [0.2, 0.25) is 0 Å². The molecule has 1 aromatic rings. The summed E-state index contributed by atoms with van der Waals surface area (Å²) in [5, 5.41) is 1.33. The first-order chi connectivity index (χ1) is 6.62. The summed E-state index contributed by atoms with van der Waals surface area (Å²) >= 11 is 0.955. The van der Waals surface area contributed by atoms with Crippen molar-refractivity contribution in [2.45, 2.75) is 33.0 Å². The Hall–Kier alpha value is -0.620. The first-order valence-corrected chi connectivity index (χ1v) is 5.28. The molecule has 0 aliphatic rings. The Morgan fingerprint density at radius 1 is 1.33 bits per heavy atom. The maximum atomic E-state index is 12.3. The van der Waals surface area contributed by atoms with Crippen LogP contribution in [0.4, 0.5) is 13.2 Å². The van der Waals surface area contributed by atoms with Gasteiger partial charge in [0.05, 0.1) is 6.04 Å². The van der Waals surface area contributed by atoms with Gasteiger partial charge in [0.2, 0.25) is 0 Å². The van der Waals surface area contributed by atoms with Crippen molar-refractivity contribution >= 4 is 11.3 Å². The van der Waals surface area contributed by atoms with Crippen molar-refractivity contribution in [2.75, 3.05) is 0 Å². The van der Waals surface area contributed by atoms with Gasteiger partial charge in [-0.1, -0.05) is 20.8 Å². The Balaban J connectivity index is 2.95. The summed E-state index contributed by atoms with van der Waals surface area (Å²) in [5.41, 5.74) is 4.66. The Bertz CT molecular complexity index is 338. The predicted molar refractivity (Wildman–Crippen MR) is 53.5 cm³/mol. The summed E-state index contributed by atoms with van der Waals surface area (Å²) < 4.78 is 36.8. The zero-order chi connectivity index (χ0) is 11.9. The molecule has 0 aromatic carbocycles. The summed E-state index contributed by atoms with van der Waals surface area (Å²) in [6.07, 6.45) is -4.38. The van der Waals surface area contributed by atoms with Gasteiger partial charge in [0, 0.05) is 5.38 Å². The largest absolute Gasteiger partial charge is 0.434 e. The van der Waals surface area contributed by atoms with Crippen LogP contribution in [0.3, 0.4) is 0 Å². The quantitative estimate of drug-likeness (QED) is 0.816. The molecule has 0 spiro atoms. The molecule has 0 bridgehead atoms. The monoisotopic (exact) mass is 238 g/mol. The van der Waals surface area contributed by atoms with Crippen LogP contribution in [0.25, 0.3) is 0 Å². The van der Waals surface area contributed by atoms with Crippen LogP contribution in [0, 0.1) is 5.41 Å². The smallest absolute Gasteiger partial charge is 0.322 e. The van der Waals surface area contributed by atoms with Crippen molar-refractivity contribution in [1.82, 2.24) is 4.98 Å². The standard InChI is InChI=1S/C9H13F3N2S/c1-8(2,3)6(13)7-14-5(4-15-7)9(10,11)12/h4,6H,13H2,1-3H3. The van der Waals surface area contributed by atoms with Crippen LogP contribution in [0.1, 0.15) is 37.5 Å². The summed E-state index contributed by atoms with van der Waals surface area (Å²) in [6.45, 7) is 5.60. The molecule has 1 heterocycles. The van der Waals surface area contributed by atoms with E-state index in [9.17, 15) is 13.2 Å². The predicted octanol–water partition coefficient (Wildman–Crippen LogP) is 3.21. The maximum Gasteiger partial charge on any atom is 0.434 e. The highest BCUT2D eigenvalue weighted by atomic mass is 32.1. The second-order valence-electron chi connectivity index (χ2n) is 4.41. The van der Waals surface area contributed by atoms with Gasteiger partial charge in [0.1, 0.15) is 5.01 Å². The second-order valence-corrected chi connectivity index (χ2v) is 5.30. The number of hydrogen-bond acceptors (Lipinski definition) is 3. The number of aromatic nitrogens is 1. The Labute approximate surface area is 90.3 Å². The van der Waals surface area contributed by atoms with Crippen molar-refractivity contribution in [2.24, 2.45) is 11.1 Å². The van der Waals surface area contributed by atoms with Crippen LogP contribution >= 0.6 is 11.3 Å². The maximum absolute atomic E-state index is 12.3. The summed E-state index contributed by atoms with van der Waals surface area (Å²) in [7, 11) is 0. The van der Waals surface area contributed by atoms with Crippen LogP contribution < -0.4 is 5.73 Å². The first-order valence-electron chi connectivity index (χ1n) is 4.40. The molecule has 86 valence electrons. The molecule has 15 heavy (non-hydrogen) atoms. The van der Waals surface area contributed by atoms with E-state index in [1.165, 1.54) is 0 Å². The second kappa shape index (κ2) is 3.75. The zero-order valence-electron chi connectivity index (χ0n) is 8.72. The molecule has 0 fully saturated rings. The van der Waals surface area contributed by atoms with E-state index in [2.05, 4.69) is 4.98 Å². The third-order valence-electron chi connectivity index (χ3n) is 2.01. The highest BCUT2D eigenvalue weighted by Crippen LogP contribution is 2.36. The van der Waals surface area contributed by atoms with Crippen molar-refractivity contribution < 1.29 is 13.2 Å². The van der Waals surface area contributed by atoms with Gasteiger partial charge >= 0.3 is 6.18 Å². The third kappa shape index (κ3) is 2.92. The molecule has 1 rings (SSSR count). The molecule has 1 atom stereocenters. The molecule has 0 amide bonds. The van der Waals surface area contributed by atoms with E-state index in [-0.39, 0.29) is 5.41 Å². The molecule has 0 saturated heterocycles. The molecule has 1 aromatic heterocycles. The molecule has 0 saturated carbocycles. The fourth-order valence-corrected chi connectivity index (χ4v) is 2.00. The van der Waals surface area contributed by atoms with Gasteiger partial charge in [-0.05, 0) is 5.41 Å². The fraction of sp³-hybridized carbons (Fsp3) is 0.667. The Morgan fingerprint density at radius 2 is 1.87 bits per heavy atom. The average Bonchev–Trinajstić information content (AvgIpc) is 2.47. The van der Waals surface area contributed by atoms with Gasteiger partial charge < -0.3 is 5.73 Å². The molecule has 2 N–H and O–H groups in total. The van der Waals surface area contributed by atoms with Gasteiger partial charge in [-0.2, -0.15) is 13.2 Å². The van der Waals surface area contributed by atoms with Gasteiger partial charge in [-0.15, -0.1) is 11.3 Å². The summed E-state index contributed by atoms with van der Waals surface area (Å²) in [5.74, 6) is 0. The molecule has 0 aliphatic heterocycles. The van der Waals surface area contributed by atoms with Crippen molar-refractivity contribution in [3.63, 3.8) is 0 Å². The number of thiazole rings is 1. The third-order valence-corrected chi connectivity index (χ3v) is 2.94. The van der Waals surface area contributed by atoms with Crippen molar-refractivity contribution in [3.05, 3.63) is 16.1 Å². The summed E-state index contributed by atoms with van der Waals surface area (Å²) in [4.78, 5) is 3.52. The molecule has 0 radical (unpaired) electrons. The van der Waals surface area contributed by atoms with E-state index in [1.807, 2.05) is 20.8 Å². The van der Waals surface area contributed by atoms with Gasteiger partial charge in [-0.25, -0.2) is 4.98 Å². The lowest BCUT2D eigenvalue weighted by Gasteiger charge is -2.24. The first kappa shape index (κ1) is 12.4. The van der Waals surface area contributed by atoms with Gasteiger partial charge in [0.25, 0.3) is 0 Å². The lowest BCUT2D eigenvalue weighted by Crippen LogP contribution is -2.26. The minimum atomic E-state index is -4.38. The molecule has 1 unspecified atom stereocenters. The molecular weight excluding hydrogens is 225 g/mol. The number of rotatable bonds is 1. The van der Waals surface area contributed by atoms with E-state index in [1.54, 1.807) is 0 Å². The van der Waals surface area contributed by atoms with Crippen LogP contribution in [-0.2, 0) is 6.18 Å². The van der Waals surface area contributed by atoms with Gasteiger partial charge in [-0.3, -0.25) is 0 Å². The lowest BCUT2D eigenvalue weighted by atomic mass is 9.88. The minimum absolute atomic E-state index is 0.291.